The zero-order valence-corrected chi connectivity index (χ0v) is 18.4. The van der Waals surface area contributed by atoms with Crippen molar-refractivity contribution in [3.8, 4) is 11.3 Å². The number of piperidine rings is 1. The average molecular weight is 423 g/mol. The maximum absolute atomic E-state index is 14.2. The standard InChI is InChI=1S/C24H27FN4O2/c1-15-12-20(31-28-15)18-13-26-23(24(2,3)4)27-21(18)16-8-7-11-29(14-16)22(30)17-9-5-6-10-19(17)25/h5-6,9-10,12-13,16H,7-8,11,14H2,1-4H3. The molecule has 1 unspecified atom stereocenters. The van der Waals surface area contributed by atoms with E-state index in [1.54, 1.807) is 23.2 Å². The third-order valence-electron chi connectivity index (χ3n) is 5.58. The summed E-state index contributed by atoms with van der Waals surface area (Å²) in [5.74, 6) is 0.564. The van der Waals surface area contributed by atoms with Crippen molar-refractivity contribution in [1.29, 1.82) is 0 Å². The number of nitrogens with zero attached hydrogens (tertiary/aromatic N) is 4. The summed E-state index contributed by atoms with van der Waals surface area (Å²) in [7, 11) is 0. The maximum atomic E-state index is 14.2. The van der Waals surface area contributed by atoms with Gasteiger partial charge in [0.2, 0.25) is 0 Å². The van der Waals surface area contributed by atoms with Gasteiger partial charge in [-0.25, -0.2) is 14.4 Å². The van der Waals surface area contributed by atoms with Crippen LogP contribution in [0.1, 0.15) is 67.1 Å². The molecule has 4 rings (SSSR count). The fourth-order valence-electron chi connectivity index (χ4n) is 3.94. The first-order valence-corrected chi connectivity index (χ1v) is 10.6. The van der Waals surface area contributed by atoms with Crippen LogP contribution in [0.4, 0.5) is 4.39 Å². The number of amides is 1. The number of hydrogen-bond donors (Lipinski definition) is 0. The Kier molecular flexibility index (Phi) is 5.60. The van der Waals surface area contributed by atoms with Gasteiger partial charge in [-0.15, -0.1) is 0 Å². The highest BCUT2D eigenvalue weighted by Crippen LogP contribution is 2.35. The van der Waals surface area contributed by atoms with E-state index in [1.807, 2.05) is 13.0 Å². The molecule has 31 heavy (non-hydrogen) atoms. The molecule has 0 bridgehead atoms. The zero-order valence-electron chi connectivity index (χ0n) is 18.4. The summed E-state index contributed by atoms with van der Waals surface area (Å²) in [6.07, 6.45) is 3.48. The maximum Gasteiger partial charge on any atom is 0.256 e. The summed E-state index contributed by atoms with van der Waals surface area (Å²) in [4.78, 5) is 24.2. The van der Waals surface area contributed by atoms with Crippen LogP contribution in [-0.2, 0) is 5.41 Å². The molecule has 1 saturated heterocycles. The second kappa shape index (κ2) is 8.21. The van der Waals surface area contributed by atoms with Crippen molar-refractivity contribution in [3.63, 3.8) is 0 Å². The third-order valence-corrected chi connectivity index (χ3v) is 5.58. The lowest BCUT2D eigenvalue weighted by molar-refractivity contribution is 0.0701. The lowest BCUT2D eigenvalue weighted by Gasteiger charge is -2.33. The fraction of sp³-hybridized carbons (Fsp3) is 0.417. The van der Waals surface area contributed by atoms with Crippen LogP contribution < -0.4 is 0 Å². The molecule has 3 aromatic rings. The molecule has 1 amide bonds. The zero-order chi connectivity index (χ0) is 22.2. The molecule has 0 spiro atoms. The van der Waals surface area contributed by atoms with Gasteiger partial charge in [0.25, 0.3) is 5.91 Å². The predicted molar refractivity (Wildman–Crippen MR) is 115 cm³/mol. The van der Waals surface area contributed by atoms with Gasteiger partial charge < -0.3 is 9.42 Å². The number of carbonyl (C=O) groups excluding carboxylic acids is 1. The number of rotatable bonds is 3. The number of hydrogen-bond acceptors (Lipinski definition) is 5. The molecule has 1 aromatic carbocycles. The van der Waals surface area contributed by atoms with E-state index < -0.39 is 5.82 Å². The van der Waals surface area contributed by atoms with E-state index in [2.05, 4.69) is 30.9 Å². The summed E-state index contributed by atoms with van der Waals surface area (Å²) in [6, 6.07) is 7.99. The SMILES string of the molecule is Cc1cc(-c2cnc(C(C)(C)C)nc2C2CCCN(C(=O)c3ccccc3F)C2)on1. The second-order valence-corrected chi connectivity index (χ2v) is 9.15. The lowest BCUT2D eigenvalue weighted by Crippen LogP contribution is -2.40. The van der Waals surface area contributed by atoms with E-state index in [0.29, 0.717) is 18.8 Å². The molecular formula is C24H27FN4O2. The van der Waals surface area contributed by atoms with Crippen molar-refractivity contribution in [1.82, 2.24) is 20.0 Å². The number of likely N-dealkylation sites (tertiary alicyclic amines) is 1. The van der Waals surface area contributed by atoms with E-state index in [4.69, 9.17) is 9.51 Å². The summed E-state index contributed by atoms with van der Waals surface area (Å²) in [6.45, 7) is 9.13. The van der Waals surface area contributed by atoms with Crippen molar-refractivity contribution in [3.05, 3.63) is 65.1 Å². The normalized spacial score (nSPS) is 17.1. The molecule has 1 atom stereocenters. The van der Waals surface area contributed by atoms with Crippen LogP contribution in [0.15, 0.2) is 41.1 Å². The Morgan fingerprint density at radius 2 is 2.03 bits per heavy atom. The Morgan fingerprint density at radius 1 is 1.26 bits per heavy atom. The van der Waals surface area contributed by atoms with Gasteiger partial charge in [0.05, 0.1) is 22.5 Å². The molecule has 1 aliphatic rings. The fourth-order valence-corrected chi connectivity index (χ4v) is 3.94. The van der Waals surface area contributed by atoms with E-state index in [0.717, 1.165) is 35.6 Å². The number of halogens is 1. The van der Waals surface area contributed by atoms with Gasteiger partial charge in [-0.1, -0.05) is 38.1 Å². The molecule has 0 aliphatic carbocycles. The number of carbonyl (C=O) groups is 1. The Bertz CT molecular complexity index is 1100. The molecule has 162 valence electrons. The van der Waals surface area contributed by atoms with Crippen molar-refractivity contribution in [2.45, 2.75) is 51.9 Å². The molecular weight excluding hydrogens is 395 g/mol. The molecule has 7 heteroatoms. The van der Waals surface area contributed by atoms with Gasteiger partial charge in [0.15, 0.2) is 5.76 Å². The molecule has 0 radical (unpaired) electrons. The quantitative estimate of drug-likeness (QED) is 0.601. The van der Waals surface area contributed by atoms with Crippen LogP contribution in [0.25, 0.3) is 11.3 Å². The van der Waals surface area contributed by atoms with Crippen LogP contribution in [-0.4, -0.2) is 39.0 Å². The topological polar surface area (TPSA) is 72.1 Å². The summed E-state index contributed by atoms with van der Waals surface area (Å²) in [5.41, 5.74) is 2.30. The minimum absolute atomic E-state index is 0.00557. The smallest absolute Gasteiger partial charge is 0.256 e. The Labute approximate surface area is 181 Å². The third kappa shape index (κ3) is 4.36. The van der Waals surface area contributed by atoms with Gasteiger partial charge in [-0.05, 0) is 31.9 Å². The van der Waals surface area contributed by atoms with Gasteiger partial charge in [0.1, 0.15) is 11.6 Å². The molecule has 1 aliphatic heterocycles. The van der Waals surface area contributed by atoms with Crippen LogP contribution in [0.3, 0.4) is 0 Å². The van der Waals surface area contributed by atoms with E-state index in [9.17, 15) is 9.18 Å². The summed E-state index contributed by atoms with van der Waals surface area (Å²) < 4.78 is 19.7. The molecule has 3 heterocycles. The predicted octanol–water partition coefficient (Wildman–Crippen LogP) is 4.90. The largest absolute Gasteiger partial charge is 0.356 e. The van der Waals surface area contributed by atoms with Crippen molar-refractivity contribution >= 4 is 5.91 Å². The summed E-state index contributed by atoms with van der Waals surface area (Å²) in [5, 5.41) is 4.01. The first kappa shape index (κ1) is 21.2. The van der Waals surface area contributed by atoms with E-state index >= 15 is 0 Å². The van der Waals surface area contributed by atoms with Crippen LogP contribution >= 0.6 is 0 Å². The van der Waals surface area contributed by atoms with Crippen LogP contribution in [0.5, 0.6) is 0 Å². The molecule has 6 nitrogen and oxygen atoms in total. The van der Waals surface area contributed by atoms with Gasteiger partial charge in [-0.3, -0.25) is 4.79 Å². The summed E-state index contributed by atoms with van der Waals surface area (Å²) >= 11 is 0. The first-order chi connectivity index (χ1) is 14.7. The minimum atomic E-state index is -0.496. The van der Waals surface area contributed by atoms with Crippen molar-refractivity contribution in [2.24, 2.45) is 0 Å². The highest BCUT2D eigenvalue weighted by molar-refractivity contribution is 5.94. The highest BCUT2D eigenvalue weighted by Gasteiger charge is 2.31. The Morgan fingerprint density at radius 3 is 2.71 bits per heavy atom. The molecule has 1 fully saturated rings. The number of benzene rings is 1. The van der Waals surface area contributed by atoms with Crippen LogP contribution in [0, 0.1) is 12.7 Å². The van der Waals surface area contributed by atoms with E-state index in [-0.39, 0.29) is 22.8 Å². The van der Waals surface area contributed by atoms with Gasteiger partial charge in [-0.2, -0.15) is 0 Å². The molecule has 0 N–H and O–H groups in total. The Balaban J connectivity index is 1.70. The average Bonchev–Trinajstić information content (AvgIpc) is 3.19. The highest BCUT2D eigenvalue weighted by atomic mass is 19.1. The second-order valence-electron chi connectivity index (χ2n) is 9.15. The molecule has 2 aromatic heterocycles. The Hall–Kier alpha value is -3.09. The van der Waals surface area contributed by atoms with Crippen LogP contribution in [0.2, 0.25) is 0 Å². The monoisotopic (exact) mass is 422 g/mol. The molecule has 0 saturated carbocycles. The van der Waals surface area contributed by atoms with Gasteiger partial charge in [0, 0.05) is 36.7 Å². The minimum Gasteiger partial charge on any atom is -0.356 e. The lowest BCUT2D eigenvalue weighted by atomic mass is 9.89. The van der Waals surface area contributed by atoms with Crippen molar-refractivity contribution in [2.75, 3.05) is 13.1 Å². The van der Waals surface area contributed by atoms with E-state index in [1.165, 1.54) is 12.1 Å². The van der Waals surface area contributed by atoms with Crippen molar-refractivity contribution < 1.29 is 13.7 Å². The number of aromatic nitrogens is 3. The number of aryl methyl sites for hydroxylation is 1. The van der Waals surface area contributed by atoms with Gasteiger partial charge >= 0.3 is 0 Å². The first-order valence-electron chi connectivity index (χ1n) is 10.6.